The lowest BCUT2D eigenvalue weighted by Gasteiger charge is -2.21. The fourth-order valence-corrected chi connectivity index (χ4v) is 2.65. The van der Waals surface area contributed by atoms with Crippen LogP contribution in [0.5, 0.6) is 5.75 Å². The van der Waals surface area contributed by atoms with Gasteiger partial charge >= 0.3 is 0 Å². The summed E-state index contributed by atoms with van der Waals surface area (Å²) >= 11 is 0. The number of benzene rings is 2. The molecule has 0 fully saturated rings. The third kappa shape index (κ3) is 3.85. The summed E-state index contributed by atoms with van der Waals surface area (Å²) in [6, 6.07) is 15.4. The Bertz CT molecular complexity index is 592. The second-order valence-electron chi connectivity index (χ2n) is 5.53. The molecule has 1 unspecified atom stereocenters. The highest BCUT2D eigenvalue weighted by molar-refractivity contribution is 5.41. The SMILES string of the molecule is CCCNC(c1cccc(C)c1)c1ccc(OC)c(C)c1. The summed E-state index contributed by atoms with van der Waals surface area (Å²) in [5, 5.41) is 3.65. The molecular formula is C19H25NO. The van der Waals surface area contributed by atoms with E-state index in [1.54, 1.807) is 7.11 Å². The Labute approximate surface area is 128 Å². The molecule has 2 rings (SSSR count). The Hall–Kier alpha value is -1.80. The van der Waals surface area contributed by atoms with Gasteiger partial charge in [-0.2, -0.15) is 0 Å². The molecular weight excluding hydrogens is 258 g/mol. The first kappa shape index (κ1) is 15.6. The van der Waals surface area contributed by atoms with Crippen LogP contribution in [-0.2, 0) is 0 Å². The van der Waals surface area contributed by atoms with Crippen molar-refractivity contribution in [2.45, 2.75) is 33.2 Å². The van der Waals surface area contributed by atoms with Crippen molar-refractivity contribution < 1.29 is 4.74 Å². The van der Waals surface area contributed by atoms with Crippen LogP contribution in [0.3, 0.4) is 0 Å². The van der Waals surface area contributed by atoms with E-state index >= 15 is 0 Å². The van der Waals surface area contributed by atoms with Gasteiger partial charge in [-0.15, -0.1) is 0 Å². The molecule has 0 heterocycles. The standard InChI is InChI=1S/C19H25NO/c1-5-11-20-19(16-8-6-7-14(2)12-16)17-9-10-18(21-4)15(3)13-17/h6-10,12-13,19-20H,5,11H2,1-4H3. The second kappa shape index (κ2) is 7.28. The molecule has 1 N–H and O–H groups in total. The summed E-state index contributed by atoms with van der Waals surface area (Å²) in [5.41, 5.74) is 5.06. The van der Waals surface area contributed by atoms with Crippen molar-refractivity contribution in [2.75, 3.05) is 13.7 Å². The van der Waals surface area contributed by atoms with Crippen LogP contribution >= 0.6 is 0 Å². The molecule has 0 aliphatic heterocycles. The van der Waals surface area contributed by atoms with Gasteiger partial charge in [-0.3, -0.25) is 0 Å². The van der Waals surface area contributed by atoms with E-state index in [-0.39, 0.29) is 6.04 Å². The van der Waals surface area contributed by atoms with Gasteiger partial charge in [0.15, 0.2) is 0 Å². The summed E-state index contributed by atoms with van der Waals surface area (Å²) in [4.78, 5) is 0. The minimum atomic E-state index is 0.231. The van der Waals surface area contributed by atoms with Crippen LogP contribution in [0, 0.1) is 13.8 Å². The largest absolute Gasteiger partial charge is 0.496 e. The zero-order valence-electron chi connectivity index (χ0n) is 13.4. The number of hydrogen-bond acceptors (Lipinski definition) is 2. The maximum absolute atomic E-state index is 5.37. The number of ether oxygens (including phenoxy) is 1. The average molecular weight is 283 g/mol. The Morgan fingerprint density at radius 2 is 1.81 bits per heavy atom. The van der Waals surface area contributed by atoms with Crippen LogP contribution in [0.25, 0.3) is 0 Å². The van der Waals surface area contributed by atoms with E-state index in [9.17, 15) is 0 Å². The molecule has 0 amide bonds. The summed E-state index contributed by atoms with van der Waals surface area (Å²) in [5.74, 6) is 0.942. The molecule has 0 saturated carbocycles. The molecule has 2 heteroatoms. The van der Waals surface area contributed by atoms with Gasteiger partial charge in [0.05, 0.1) is 13.2 Å². The van der Waals surface area contributed by atoms with Crippen LogP contribution in [0.15, 0.2) is 42.5 Å². The summed E-state index contributed by atoms with van der Waals surface area (Å²) in [6.07, 6.45) is 1.12. The first-order chi connectivity index (χ1) is 10.2. The Morgan fingerprint density at radius 1 is 1.05 bits per heavy atom. The Kier molecular flexibility index (Phi) is 5.40. The third-order valence-corrected chi connectivity index (χ3v) is 3.73. The van der Waals surface area contributed by atoms with E-state index < -0.39 is 0 Å². The first-order valence-corrected chi connectivity index (χ1v) is 7.60. The molecule has 0 saturated heterocycles. The van der Waals surface area contributed by atoms with Gasteiger partial charge in [-0.1, -0.05) is 48.9 Å². The molecule has 2 aromatic carbocycles. The van der Waals surface area contributed by atoms with Gasteiger partial charge in [-0.05, 0) is 49.6 Å². The van der Waals surface area contributed by atoms with E-state index in [0.29, 0.717) is 0 Å². The zero-order valence-corrected chi connectivity index (χ0v) is 13.4. The lowest BCUT2D eigenvalue weighted by atomic mass is 9.95. The van der Waals surface area contributed by atoms with Crippen molar-refractivity contribution in [3.63, 3.8) is 0 Å². The third-order valence-electron chi connectivity index (χ3n) is 3.73. The average Bonchev–Trinajstić information content (AvgIpc) is 2.48. The molecule has 0 radical (unpaired) electrons. The van der Waals surface area contributed by atoms with Gasteiger partial charge in [0, 0.05) is 0 Å². The smallest absolute Gasteiger partial charge is 0.121 e. The zero-order chi connectivity index (χ0) is 15.2. The van der Waals surface area contributed by atoms with Gasteiger partial charge < -0.3 is 10.1 Å². The minimum Gasteiger partial charge on any atom is -0.496 e. The maximum atomic E-state index is 5.37. The predicted molar refractivity (Wildman–Crippen MR) is 89.0 cm³/mol. The lowest BCUT2D eigenvalue weighted by Crippen LogP contribution is -2.23. The normalized spacial score (nSPS) is 12.2. The highest BCUT2D eigenvalue weighted by Crippen LogP contribution is 2.27. The fourth-order valence-electron chi connectivity index (χ4n) is 2.65. The highest BCUT2D eigenvalue weighted by Gasteiger charge is 2.14. The number of hydrogen-bond donors (Lipinski definition) is 1. The van der Waals surface area contributed by atoms with E-state index in [4.69, 9.17) is 4.74 Å². The Balaban J connectivity index is 2.37. The molecule has 0 aliphatic rings. The molecule has 0 aromatic heterocycles. The first-order valence-electron chi connectivity index (χ1n) is 7.60. The van der Waals surface area contributed by atoms with Gasteiger partial charge in [0.1, 0.15) is 5.75 Å². The van der Waals surface area contributed by atoms with Crippen LogP contribution in [0.2, 0.25) is 0 Å². The monoisotopic (exact) mass is 283 g/mol. The van der Waals surface area contributed by atoms with Crippen LogP contribution in [0.1, 0.15) is 41.6 Å². The molecule has 0 bridgehead atoms. The minimum absolute atomic E-state index is 0.231. The van der Waals surface area contributed by atoms with Crippen molar-refractivity contribution in [3.05, 3.63) is 64.7 Å². The Morgan fingerprint density at radius 3 is 2.43 bits per heavy atom. The van der Waals surface area contributed by atoms with Crippen molar-refractivity contribution in [2.24, 2.45) is 0 Å². The van der Waals surface area contributed by atoms with E-state index in [2.05, 4.69) is 68.6 Å². The van der Waals surface area contributed by atoms with E-state index in [1.165, 1.54) is 22.3 Å². The van der Waals surface area contributed by atoms with Crippen LogP contribution in [0.4, 0.5) is 0 Å². The van der Waals surface area contributed by atoms with Gasteiger partial charge in [-0.25, -0.2) is 0 Å². The maximum Gasteiger partial charge on any atom is 0.121 e. The summed E-state index contributed by atoms with van der Waals surface area (Å²) < 4.78 is 5.37. The molecule has 0 aliphatic carbocycles. The van der Waals surface area contributed by atoms with Gasteiger partial charge in [0.2, 0.25) is 0 Å². The van der Waals surface area contributed by atoms with E-state index in [0.717, 1.165) is 18.7 Å². The highest BCUT2D eigenvalue weighted by atomic mass is 16.5. The molecule has 0 spiro atoms. The topological polar surface area (TPSA) is 21.3 Å². The molecule has 2 nitrogen and oxygen atoms in total. The summed E-state index contributed by atoms with van der Waals surface area (Å²) in [7, 11) is 1.72. The lowest BCUT2D eigenvalue weighted by molar-refractivity contribution is 0.411. The van der Waals surface area contributed by atoms with Crippen molar-refractivity contribution in [1.29, 1.82) is 0 Å². The fraction of sp³-hybridized carbons (Fsp3) is 0.368. The molecule has 112 valence electrons. The molecule has 21 heavy (non-hydrogen) atoms. The number of rotatable bonds is 6. The van der Waals surface area contributed by atoms with Gasteiger partial charge in [0.25, 0.3) is 0 Å². The molecule has 1 atom stereocenters. The van der Waals surface area contributed by atoms with E-state index in [1.807, 2.05) is 0 Å². The number of nitrogens with one attached hydrogen (secondary N) is 1. The summed E-state index contributed by atoms with van der Waals surface area (Å²) in [6.45, 7) is 7.43. The van der Waals surface area contributed by atoms with Crippen LogP contribution < -0.4 is 10.1 Å². The number of methoxy groups -OCH3 is 1. The second-order valence-corrected chi connectivity index (χ2v) is 5.53. The number of aryl methyl sites for hydroxylation is 2. The predicted octanol–water partition coefficient (Wildman–Crippen LogP) is 4.40. The van der Waals surface area contributed by atoms with Crippen molar-refractivity contribution >= 4 is 0 Å². The quantitative estimate of drug-likeness (QED) is 0.848. The molecule has 2 aromatic rings. The van der Waals surface area contributed by atoms with Crippen molar-refractivity contribution in [3.8, 4) is 5.75 Å². The van der Waals surface area contributed by atoms with Crippen LogP contribution in [-0.4, -0.2) is 13.7 Å². The van der Waals surface area contributed by atoms with Crippen molar-refractivity contribution in [1.82, 2.24) is 5.32 Å².